The van der Waals surface area contributed by atoms with Crippen LogP contribution in [0.3, 0.4) is 0 Å². The summed E-state index contributed by atoms with van der Waals surface area (Å²) < 4.78 is 0. The molecule has 1 saturated carbocycles. The molecule has 1 saturated heterocycles. The fourth-order valence-corrected chi connectivity index (χ4v) is 2.68. The Morgan fingerprint density at radius 3 is 2.67 bits per heavy atom. The van der Waals surface area contributed by atoms with Crippen LogP contribution in [0.4, 0.5) is 0 Å². The molecule has 0 atom stereocenters. The summed E-state index contributed by atoms with van der Waals surface area (Å²) in [6, 6.07) is 1.99. The molecule has 0 N–H and O–H groups in total. The molecule has 4 heteroatoms. The van der Waals surface area contributed by atoms with Gasteiger partial charge in [0.2, 0.25) is 5.91 Å². The molecule has 2 aliphatic rings. The van der Waals surface area contributed by atoms with Crippen molar-refractivity contribution in [2.75, 3.05) is 13.1 Å². The molecule has 4 nitrogen and oxygen atoms in total. The van der Waals surface area contributed by atoms with Gasteiger partial charge >= 0.3 is 0 Å². The minimum atomic E-state index is 0.364. The summed E-state index contributed by atoms with van der Waals surface area (Å²) in [5.74, 6) is 1.43. The number of carbonyl (C=O) groups is 1. The summed E-state index contributed by atoms with van der Waals surface area (Å²) in [5, 5.41) is 0. The SMILES string of the molecule is O=C(C1CC1)N1CCC(Cc2ccncn2)CC1. The first-order valence-electron chi connectivity index (χ1n) is 6.86. The highest BCUT2D eigenvalue weighted by Crippen LogP contribution is 2.32. The number of aromatic nitrogens is 2. The highest BCUT2D eigenvalue weighted by atomic mass is 16.2. The van der Waals surface area contributed by atoms with Crippen LogP contribution in [0, 0.1) is 11.8 Å². The van der Waals surface area contributed by atoms with Gasteiger partial charge in [0.25, 0.3) is 0 Å². The van der Waals surface area contributed by atoms with E-state index in [0.29, 0.717) is 17.7 Å². The number of amides is 1. The van der Waals surface area contributed by atoms with Gasteiger partial charge in [-0.25, -0.2) is 9.97 Å². The summed E-state index contributed by atoms with van der Waals surface area (Å²) in [7, 11) is 0. The van der Waals surface area contributed by atoms with Gasteiger partial charge in [-0.1, -0.05) is 0 Å². The molecule has 2 fully saturated rings. The van der Waals surface area contributed by atoms with Gasteiger partial charge in [-0.3, -0.25) is 4.79 Å². The second-order valence-electron chi connectivity index (χ2n) is 5.45. The van der Waals surface area contributed by atoms with Crippen LogP contribution in [0.25, 0.3) is 0 Å². The van der Waals surface area contributed by atoms with Crippen molar-refractivity contribution in [2.45, 2.75) is 32.1 Å². The minimum absolute atomic E-state index is 0.364. The first-order valence-corrected chi connectivity index (χ1v) is 6.86. The summed E-state index contributed by atoms with van der Waals surface area (Å²) in [6.45, 7) is 1.87. The number of piperidine rings is 1. The zero-order valence-electron chi connectivity index (χ0n) is 10.6. The maximum atomic E-state index is 11.9. The van der Waals surface area contributed by atoms with E-state index in [4.69, 9.17) is 0 Å². The largest absolute Gasteiger partial charge is 0.342 e. The van der Waals surface area contributed by atoms with Crippen LogP contribution < -0.4 is 0 Å². The number of rotatable bonds is 3. The molecule has 1 aromatic rings. The van der Waals surface area contributed by atoms with E-state index in [-0.39, 0.29) is 0 Å². The summed E-state index contributed by atoms with van der Waals surface area (Å²) in [4.78, 5) is 22.2. The fraction of sp³-hybridized carbons (Fsp3) is 0.643. The Kier molecular flexibility index (Phi) is 3.26. The molecule has 3 rings (SSSR count). The molecule has 0 spiro atoms. The molecule has 18 heavy (non-hydrogen) atoms. The lowest BCUT2D eigenvalue weighted by Gasteiger charge is -2.32. The van der Waals surface area contributed by atoms with E-state index in [0.717, 1.165) is 50.9 Å². The monoisotopic (exact) mass is 245 g/mol. The number of nitrogens with zero attached hydrogens (tertiary/aromatic N) is 3. The summed E-state index contributed by atoms with van der Waals surface area (Å²) in [5.41, 5.74) is 1.12. The van der Waals surface area contributed by atoms with Crippen molar-refractivity contribution < 1.29 is 4.79 Å². The molecule has 0 bridgehead atoms. The smallest absolute Gasteiger partial charge is 0.225 e. The van der Waals surface area contributed by atoms with Gasteiger partial charge in [-0.2, -0.15) is 0 Å². The molecule has 2 heterocycles. The molecule has 1 aromatic heterocycles. The van der Waals surface area contributed by atoms with Crippen molar-refractivity contribution >= 4 is 5.91 Å². The van der Waals surface area contributed by atoms with Gasteiger partial charge in [0.05, 0.1) is 0 Å². The van der Waals surface area contributed by atoms with Crippen molar-refractivity contribution in [3.63, 3.8) is 0 Å². The molecule has 0 radical (unpaired) electrons. The van der Waals surface area contributed by atoms with Crippen molar-refractivity contribution in [3.05, 3.63) is 24.3 Å². The summed E-state index contributed by atoms with van der Waals surface area (Å²) in [6.07, 6.45) is 8.88. The van der Waals surface area contributed by atoms with E-state index in [1.165, 1.54) is 0 Å². The molecule has 1 aliphatic carbocycles. The van der Waals surface area contributed by atoms with Gasteiger partial charge < -0.3 is 4.90 Å². The molecule has 96 valence electrons. The average Bonchev–Trinajstić information content (AvgIpc) is 3.24. The predicted molar refractivity (Wildman–Crippen MR) is 67.8 cm³/mol. The van der Waals surface area contributed by atoms with Gasteiger partial charge in [0, 0.05) is 30.9 Å². The molecule has 0 unspecified atom stereocenters. The Labute approximate surface area is 107 Å². The van der Waals surface area contributed by atoms with Crippen molar-refractivity contribution in [1.82, 2.24) is 14.9 Å². The van der Waals surface area contributed by atoms with Gasteiger partial charge in [-0.15, -0.1) is 0 Å². The Morgan fingerprint density at radius 1 is 1.28 bits per heavy atom. The first-order chi connectivity index (χ1) is 8.83. The van der Waals surface area contributed by atoms with Crippen LogP contribution in [0.15, 0.2) is 18.6 Å². The van der Waals surface area contributed by atoms with Crippen LogP contribution in [0.5, 0.6) is 0 Å². The highest BCUT2D eigenvalue weighted by Gasteiger charge is 2.34. The third-order valence-electron chi connectivity index (χ3n) is 3.99. The molecule has 1 aliphatic heterocycles. The molecular formula is C14H19N3O. The number of likely N-dealkylation sites (tertiary alicyclic amines) is 1. The second kappa shape index (κ2) is 5.04. The second-order valence-corrected chi connectivity index (χ2v) is 5.45. The zero-order chi connectivity index (χ0) is 12.4. The number of carbonyl (C=O) groups excluding carboxylic acids is 1. The quantitative estimate of drug-likeness (QED) is 0.813. The number of hydrogen-bond acceptors (Lipinski definition) is 3. The van der Waals surface area contributed by atoms with Crippen LogP contribution in [-0.2, 0) is 11.2 Å². The fourth-order valence-electron chi connectivity index (χ4n) is 2.68. The van der Waals surface area contributed by atoms with Crippen molar-refractivity contribution in [1.29, 1.82) is 0 Å². The van der Waals surface area contributed by atoms with E-state index >= 15 is 0 Å². The maximum Gasteiger partial charge on any atom is 0.225 e. The van der Waals surface area contributed by atoms with E-state index in [9.17, 15) is 4.79 Å². The summed E-state index contributed by atoms with van der Waals surface area (Å²) >= 11 is 0. The first kappa shape index (κ1) is 11.6. The van der Waals surface area contributed by atoms with E-state index in [2.05, 4.69) is 14.9 Å². The molecule has 1 amide bonds. The van der Waals surface area contributed by atoms with Crippen LogP contribution >= 0.6 is 0 Å². The van der Waals surface area contributed by atoms with Gasteiger partial charge in [0.15, 0.2) is 0 Å². The van der Waals surface area contributed by atoms with E-state index in [1.54, 1.807) is 12.5 Å². The maximum absolute atomic E-state index is 11.9. The van der Waals surface area contributed by atoms with Crippen LogP contribution in [0.2, 0.25) is 0 Å². The van der Waals surface area contributed by atoms with E-state index in [1.807, 2.05) is 6.07 Å². The predicted octanol–water partition coefficient (Wildman–Crippen LogP) is 1.67. The number of hydrogen-bond donors (Lipinski definition) is 0. The Balaban J connectivity index is 1.49. The Morgan fingerprint density at radius 2 is 2.06 bits per heavy atom. The lowest BCUT2D eigenvalue weighted by Crippen LogP contribution is -2.39. The Hall–Kier alpha value is -1.45. The normalized spacial score (nSPS) is 21.0. The lowest BCUT2D eigenvalue weighted by atomic mass is 9.92. The topological polar surface area (TPSA) is 46.1 Å². The molecule has 0 aromatic carbocycles. The van der Waals surface area contributed by atoms with Gasteiger partial charge in [0.1, 0.15) is 6.33 Å². The lowest BCUT2D eigenvalue weighted by molar-refractivity contribution is -0.133. The van der Waals surface area contributed by atoms with Crippen molar-refractivity contribution in [2.24, 2.45) is 11.8 Å². The minimum Gasteiger partial charge on any atom is -0.342 e. The Bertz CT molecular complexity index is 408. The van der Waals surface area contributed by atoms with Crippen LogP contribution in [0.1, 0.15) is 31.4 Å². The molecular weight excluding hydrogens is 226 g/mol. The average molecular weight is 245 g/mol. The van der Waals surface area contributed by atoms with Crippen molar-refractivity contribution in [3.8, 4) is 0 Å². The zero-order valence-corrected chi connectivity index (χ0v) is 10.6. The standard InChI is InChI=1S/C14H19N3O/c18-14(12-1-2-12)17-7-4-11(5-8-17)9-13-3-6-15-10-16-13/h3,6,10-12H,1-2,4-5,7-9H2. The third-order valence-corrected chi connectivity index (χ3v) is 3.99. The van der Waals surface area contributed by atoms with Crippen LogP contribution in [-0.4, -0.2) is 33.9 Å². The third kappa shape index (κ3) is 2.68. The van der Waals surface area contributed by atoms with E-state index < -0.39 is 0 Å². The van der Waals surface area contributed by atoms with Gasteiger partial charge in [-0.05, 0) is 44.1 Å². The highest BCUT2D eigenvalue weighted by molar-refractivity contribution is 5.81.